The lowest BCUT2D eigenvalue weighted by Crippen LogP contribution is -2.39. The molecule has 2 aromatic rings. The standard InChI is InChI=1S/C18H21N5O2/c19-9-13-2-1-5-22(11-13)18(24)14-8-16-17(20-10-14)23(12-21-16)15-3-6-25-7-4-15/h8,10,12-13,15H,1-7,11H2. The number of rotatable bonds is 2. The number of imidazole rings is 1. The fourth-order valence-electron chi connectivity index (χ4n) is 3.72. The first-order valence-electron chi connectivity index (χ1n) is 8.85. The highest BCUT2D eigenvalue weighted by Crippen LogP contribution is 2.25. The van der Waals surface area contributed by atoms with E-state index in [0.717, 1.165) is 50.1 Å². The van der Waals surface area contributed by atoms with Gasteiger partial charge in [0.15, 0.2) is 5.65 Å². The summed E-state index contributed by atoms with van der Waals surface area (Å²) in [6.45, 7) is 2.72. The van der Waals surface area contributed by atoms with Crippen molar-refractivity contribution in [3.63, 3.8) is 0 Å². The first-order chi connectivity index (χ1) is 12.3. The van der Waals surface area contributed by atoms with Crippen LogP contribution in [0.5, 0.6) is 0 Å². The molecular formula is C18H21N5O2. The van der Waals surface area contributed by atoms with Crippen LogP contribution >= 0.6 is 0 Å². The third-order valence-electron chi connectivity index (χ3n) is 5.14. The number of piperidine rings is 1. The van der Waals surface area contributed by atoms with Gasteiger partial charge >= 0.3 is 0 Å². The molecule has 4 rings (SSSR count). The smallest absolute Gasteiger partial charge is 0.255 e. The lowest BCUT2D eigenvalue weighted by Gasteiger charge is -2.29. The van der Waals surface area contributed by atoms with Gasteiger partial charge in [0.1, 0.15) is 5.52 Å². The van der Waals surface area contributed by atoms with Crippen molar-refractivity contribution in [3.8, 4) is 6.07 Å². The molecule has 0 radical (unpaired) electrons. The van der Waals surface area contributed by atoms with E-state index >= 15 is 0 Å². The maximum Gasteiger partial charge on any atom is 0.255 e. The number of hydrogen-bond acceptors (Lipinski definition) is 5. The molecule has 7 nitrogen and oxygen atoms in total. The Balaban J connectivity index is 1.57. The molecule has 2 aliphatic heterocycles. The Morgan fingerprint density at radius 2 is 2.12 bits per heavy atom. The number of carbonyl (C=O) groups excluding carboxylic acids is 1. The summed E-state index contributed by atoms with van der Waals surface area (Å²) in [5.41, 5.74) is 2.10. The number of nitrogens with zero attached hydrogens (tertiary/aromatic N) is 5. The van der Waals surface area contributed by atoms with Gasteiger partial charge in [0.25, 0.3) is 5.91 Å². The molecule has 0 N–H and O–H groups in total. The maximum absolute atomic E-state index is 12.7. The van der Waals surface area contributed by atoms with Gasteiger partial charge in [-0.2, -0.15) is 5.26 Å². The molecule has 0 saturated carbocycles. The Morgan fingerprint density at radius 1 is 1.28 bits per heavy atom. The summed E-state index contributed by atoms with van der Waals surface area (Å²) < 4.78 is 7.51. The summed E-state index contributed by atoms with van der Waals surface area (Å²) >= 11 is 0. The van der Waals surface area contributed by atoms with Crippen molar-refractivity contribution in [3.05, 3.63) is 24.2 Å². The minimum absolute atomic E-state index is 0.0602. The first kappa shape index (κ1) is 16.0. The van der Waals surface area contributed by atoms with E-state index in [9.17, 15) is 4.79 Å². The molecule has 2 saturated heterocycles. The lowest BCUT2D eigenvalue weighted by molar-refractivity contribution is 0.0698. The molecule has 0 spiro atoms. The van der Waals surface area contributed by atoms with E-state index in [0.29, 0.717) is 24.7 Å². The second-order valence-electron chi connectivity index (χ2n) is 6.78. The average Bonchev–Trinajstić information content (AvgIpc) is 3.11. The number of pyridine rings is 1. The fraction of sp³-hybridized carbons (Fsp3) is 0.556. The second kappa shape index (κ2) is 6.81. The molecule has 2 aliphatic rings. The van der Waals surface area contributed by atoms with Crippen LogP contribution in [0.3, 0.4) is 0 Å². The van der Waals surface area contributed by atoms with Crippen molar-refractivity contribution in [2.75, 3.05) is 26.3 Å². The predicted octanol–water partition coefficient (Wildman–Crippen LogP) is 2.16. The van der Waals surface area contributed by atoms with Gasteiger partial charge in [-0.1, -0.05) is 0 Å². The third-order valence-corrected chi connectivity index (χ3v) is 5.14. The van der Waals surface area contributed by atoms with Crippen LogP contribution < -0.4 is 0 Å². The molecule has 0 aliphatic carbocycles. The summed E-state index contributed by atoms with van der Waals surface area (Å²) in [4.78, 5) is 23.5. The number of fused-ring (bicyclic) bond motifs is 1. The molecule has 0 aromatic carbocycles. The molecule has 0 bridgehead atoms. The summed E-state index contributed by atoms with van der Waals surface area (Å²) in [5.74, 6) is -0.128. The Morgan fingerprint density at radius 3 is 2.92 bits per heavy atom. The average molecular weight is 339 g/mol. The topological polar surface area (TPSA) is 84.0 Å². The quantitative estimate of drug-likeness (QED) is 0.837. The Labute approximate surface area is 146 Å². The highest BCUT2D eigenvalue weighted by atomic mass is 16.5. The van der Waals surface area contributed by atoms with Crippen molar-refractivity contribution < 1.29 is 9.53 Å². The molecule has 2 fully saturated rings. The first-order valence-corrected chi connectivity index (χ1v) is 8.85. The van der Waals surface area contributed by atoms with Gasteiger partial charge < -0.3 is 14.2 Å². The highest BCUT2D eigenvalue weighted by Gasteiger charge is 2.25. The van der Waals surface area contributed by atoms with Crippen molar-refractivity contribution in [1.29, 1.82) is 5.26 Å². The summed E-state index contributed by atoms with van der Waals surface area (Å²) in [7, 11) is 0. The van der Waals surface area contributed by atoms with Crippen LogP contribution in [0, 0.1) is 17.2 Å². The molecule has 1 atom stereocenters. The minimum atomic E-state index is -0.0675. The Hall–Kier alpha value is -2.46. The fourth-order valence-corrected chi connectivity index (χ4v) is 3.72. The van der Waals surface area contributed by atoms with Gasteiger partial charge in [0, 0.05) is 38.5 Å². The maximum atomic E-state index is 12.7. The van der Waals surface area contributed by atoms with Crippen LogP contribution in [-0.2, 0) is 4.74 Å². The molecular weight excluding hydrogens is 318 g/mol. The normalized spacial score (nSPS) is 22.0. The van der Waals surface area contributed by atoms with E-state index in [4.69, 9.17) is 10.00 Å². The van der Waals surface area contributed by atoms with E-state index < -0.39 is 0 Å². The van der Waals surface area contributed by atoms with Crippen molar-refractivity contribution in [2.45, 2.75) is 31.7 Å². The van der Waals surface area contributed by atoms with E-state index in [-0.39, 0.29) is 11.8 Å². The van der Waals surface area contributed by atoms with Gasteiger partial charge in [-0.15, -0.1) is 0 Å². The number of carbonyl (C=O) groups is 1. The monoisotopic (exact) mass is 339 g/mol. The lowest BCUT2D eigenvalue weighted by atomic mass is 9.99. The summed E-state index contributed by atoms with van der Waals surface area (Å²) in [5, 5.41) is 9.11. The molecule has 4 heterocycles. The third kappa shape index (κ3) is 3.10. The van der Waals surface area contributed by atoms with E-state index in [1.807, 2.05) is 12.4 Å². The van der Waals surface area contributed by atoms with Crippen molar-refractivity contribution in [1.82, 2.24) is 19.4 Å². The Bertz CT molecular complexity index is 818. The molecule has 1 unspecified atom stereocenters. The van der Waals surface area contributed by atoms with Crippen molar-refractivity contribution in [2.24, 2.45) is 5.92 Å². The number of likely N-dealkylation sites (tertiary alicyclic amines) is 1. The van der Waals surface area contributed by atoms with Crippen LogP contribution in [0.1, 0.15) is 42.1 Å². The predicted molar refractivity (Wildman–Crippen MR) is 90.9 cm³/mol. The van der Waals surface area contributed by atoms with E-state index in [1.165, 1.54) is 0 Å². The number of hydrogen-bond donors (Lipinski definition) is 0. The number of ether oxygens (including phenoxy) is 1. The SMILES string of the molecule is N#CC1CCCN(C(=O)c2cnc3c(c2)ncn3C2CCOCC2)C1. The van der Waals surface area contributed by atoms with Crippen LogP contribution in [0.25, 0.3) is 11.2 Å². The molecule has 130 valence electrons. The Kier molecular flexibility index (Phi) is 4.36. The van der Waals surface area contributed by atoms with Gasteiger partial charge in [-0.05, 0) is 31.7 Å². The van der Waals surface area contributed by atoms with Crippen LogP contribution in [0.15, 0.2) is 18.6 Å². The van der Waals surface area contributed by atoms with Gasteiger partial charge in [-0.3, -0.25) is 4.79 Å². The highest BCUT2D eigenvalue weighted by molar-refractivity contribution is 5.96. The van der Waals surface area contributed by atoms with Gasteiger partial charge in [0.05, 0.1) is 23.9 Å². The van der Waals surface area contributed by atoms with Crippen LogP contribution in [0.2, 0.25) is 0 Å². The zero-order chi connectivity index (χ0) is 17.2. The number of nitriles is 1. The van der Waals surface area contributed by atoms with Crippen LogP contribution in [-0.4, -0.2) is 51.6 Å². The van der Waals surface area contributed by atoms with Gasteiger partial charge in [-0.25, -0.2) is 9.97 Å². The minimum Gasteiger partial charge on any atom is -0.381 e. The second-order valence-corrected chi connectivity index (χ2v) is 6.78. The van der Waals surface area contributed by atoms with Crippen LogP contribution in [0.4, 0.5) is 0 Å². The molecule has 7 heteroatoms. The van der Waals surface area contributed by atoms with E-state index in [1.54, 1.807) is 11.1 Å². The zero-order valence-electron chi connectivity index (χ0n) is 14.1. The number of aromatic nitrogens is 3. The zero-order valence-corrected chi connectivity index (χ0v) is 14.1. The van der Waals surface area contributed by atoms with Crippen molar-refractivity contribution >= 4 is 17.1 Å². The molecule has 1 amide bonds. The number of amides is 1. The summed E-state index contributed by atoms with van der Waals surface area (Å²) in [6, 6.07) is 4.44. The summed E-state index contributed by atoms with van der Waals surface area (Å²) in [6.07, 6.45) is 7.10. The van der Waals surface area contributed by atoms with Gasteiger partial charge in [0.2, 0.25) is 0 Å². The van der Waals surface area contributed by atoms with E-state index in [2.05, 4.69) is 20.6 Å². The molecule has 25 heavy (non-hydrogen) atoms. The largest absolute Gasteiger partial charge is 0.381 e. The molecule has 2 aromatic heterocycles.